The Morgan fingerprint density at radius 3 is 2.57 bits per heavy atom. The number of hydrogen-bond donors (Lipinski definition) is 3. The number of carbonyl (C=O) groups excluding carboxylic acids is 1. The van der Waals surface area contributed by atoms with Crippen LogP contribution in [0.15, 0.2) is 51.8 Å². The molecule has 0 aromatic heterocycles. The Morgan fingerprint density at radius 2 is 1.96 bits per heavy atom. The van der Waals surface area contributed by atoms with Crippen LogP contribution in [0.3, 0.4) is 0 Å². The number of anilines is 1. The van der Waals surface area contributed by atoms with Gasteiger partial charge in [0.15, 0.2) is 6.10 Å². The summed E-state index contributed by atoms with van der Waals surface area (Å²) in [6, 6.07) is 12.2. The zero-order chi connectivity index (χ0) is 20.5. The minimum atomic E-state index is -0.893. The predicted molar refractivity (Wildman–Crippen MR) is 114 cm³/mol. The Hall–Kier alpha value is -1.74. The minimum Gasteiger partial charge on any atom is -0.508 e. The molecule has 0 saturated carbocycles. The zero-order valence-corrected chi connectivity index (χ0v) is 18.1. The molecule has 8 heteroatoms. The third kappa shape index (κ3) is 6.41. The number of thioether (sulfide) groups is 1. The fourth-order valence-corrected chi connectivity index (χ4v) is 3.48. The molecule has 0 spiro atoms. The summed E-state index contributed by atoms with van der Waals surface area (Å²) >= 11 is 4.97. The molecule has 0 heterocycles. The van der Waals surface area contributed by atoms with Gasteiger partial charge in [-0.15, -0.1) is 11.8 Å². The summed E-state index contributed by atoms with van der Waals surface area (Å²) in [6.45, 7) is 2.05. The number of amides is 1. The van der Waals surface area contributed by atoms with E-state index in [0.29, 0.717) is 17.9 Å². The van der Waals surface area contributed by atoms with Gasteiger partial charge < -0.3 is 19.7 Å². The Bertz CT molecular complexity index is 766. The number of phenols is 1. The van der Waals surface area contributed by atoms with E-state index in [1.807, 2.05) is 25.3 Å². The summed E-state index contributed by atoms with van der Waals surface area (Å²) in [4.78, 5) is 13.6. The molecule has 0 aliphatic carbocycles. The van der Waals surface area contributed by atoms with Crippen molar-refractivity contribution in [3.8, 4) is 5.75 Å². The fourth-order valence-electron chi connectivity index (χ4n) is 2.69. The number of rotatable bonds is 9. The van der Waals surface area contributed by atoms with Crippen molar-refractivity contribution in [2.24, 2.45) is 0 Å². The van der Waals surface area contributed by atoms with Gasteiger partial charge in [-0.1, -0.05) is 15.9 Å². The van der Waals surface area contributed by atoms with Crippen LogP contribution in [0.4, 0.5) is 10.5 Å². The van der Waals surface area contributed by atoms with E-state index in [4.69, 9.17) is 9.47 Å². The van der Waals surface area contributed by atoms with Crippen LogP contribution in [0.2, 0.25) is 0 Å². The summed E-state index contributed by atoms with van der Waals surface area (Å²) in [6.07, 6.45) is 0.0415. The average Bonchev–Trinajstić information content (AvgIpc) is 2.68. The summed E-state index contributed by atoms with van der Waals surface area (Å²) in [5.74, 6) is -0.0204. The van der Waals surface area contributed by atoms with E-state index in [1.165, 1.54) is 6.07 Å². The van der Waals surface area contributed by atoms with Crippen LogP contribution in [0.5, 0.6) is 5.75 Å². The van der Waals surface area contributed by atoms with Crippen LogP contribution in [0, 0.1) is 0 Å². The van der Waals surface area contributed by atoms with E-state index >= 15 is 0 Å². The third-order valence-corrected chi connectivity index (χ3v) is 5.24. The van der Waals surface area contributed by atoms with Crippen molar-refractivity contribution in [3.05, 3.63) is 52.5 Å². The largest absolute Gasteiger partial charge is 0.508 e. The van der Waals surface area contributed by atoms with Gasteiger partial charge in [0.1, 0.15) is 11.9 Å². The van der Waals surface area contributed by atoms with Gasteiger partial charge in [0.2, 0.25) is 0 Å². The maximum atomic E-state index is 12.5. The Morgan fingerprint density at radius 1 is 1.25 bits per heavy atom. The molecule has 6 nitrogen and oxygen atoms in total. The molecule has 0 bridgehead atoms. The lowest BCUT2D eigenvalue weighted by Crippen LogP contribution is -2.29. The second-order valence-electron chi connectivity index (χ2n) is 5.89. The number of carbonyl (C=O) groups is 1. The predicted octanol–water partition coefficient (Wildman–Crippen LogP) is 4.95. The second kappa shape index (κ2) is 11.3. The molecule has 0 fully saturated rings. The highest BCUT2D eigenvalue weighted by Gasteiger charge is 2.30. The van der Waals surface area contributed by atoms with E-state index in [9.17, 15) is 15.0 Å². The molecule has 2 atom stereocenters. The van der Waals surface area contributed by atoms with Gasteiger partial charge >= 0.3 is 6.09 Å². The van der Waals surface area contributed by atoms with E-state index < -0.39 is 18.3 Å². The zero-order valence-electron chi connectivity index (χ0n) is 15.7. The Labute approximate surface area is 177 Å². The second-order valence-corrected chi connectivity index (χ2v) is 7.68. The standard InChI is InChI=1S/C20H24BrNO5S/c1-3-26-18(10-11-23)19(16-12-13(21)4-9-17(16)24)27-20(25)22-14-5-7-15(28-2)8-6-14/h4-9,12,18-19,23-24H,3,10-11H2,1-2H3,(H,22,25)/t18-,19-/m1/s1. The molecule has 0 aliphatic heterocycles. The number of ether oxygens (including phenoxy) is 2. The summed E-state index contributed by atoms with van der Waals surface area (Å²) in [5.41, 5.74) is 0.990. The van der Waals surface area contributed by atoms with Gasteiger partial charge in [0.05, 0.1) is 0 Å². The van der Waals surface area contributed by atoms with E-state index in [-0.39, 0.29) is 18.8 Å². The molecular weight excluding hydrogens is 446 g/mol. The van der Waals surface area contributed by atoms with Crippen molar-refractivity contribution in [3.63, 3.8) is 0 Å². The first-order chi connectivity index (χ1) is 13.5. The minimum absolute atomic E-state index is 0.0204. The number of phenolic OH excluding ortho intramolecular Hbond substituents is 1. The first-order valence-corrected chi connectivity index (χ1v) is 10.8. The molecule has 28 heavy (non-hydrogen) atoms. The van der Waals surface area contributed by atoms with Gasteiger partial charge in [-0.3, -0.25) is 5.32 Å². The van der Waals surface area contributed by atoms with Crippen molar-refractivity contribution in [1.29, 1.82) is 0 Å². The topological polar surface area (TPSA) is 88.0 Å². The smallest absolute Gasteiger partial charge is 0.412 e. The molecule has 3 N–H and O–H groups in total. The number of aliphatic hydroxyl groups is 1. The molecule has 2 rings (SSSR count). The van der Waals surface area contributed by atoms with E-state index in [2.05, 4.69) is 21.2 Å². The number of hydrogen-bond acceptors (Lipinski definition) is 6. The van der Waals surface area contributed by atoms with Crippen LogP contribution < -0.4 is 5.32 Å². The molecule has 2 aromatic carbocycles. The molecule has 2 aromatic rings. The van der Waals surface area contributed by atoms with Crippen molar-refractivity contribution in [2.45, 2.75) is 30.4 Å². The van der Waals surface area contributed by atoms with Crippen molar-refractivity contribution < 1.29 is 24.5 Å². The summed E-state index contributed by atoms with van der Waals surface area (Å²) in [5, 5.41) is 22.4. The van der Waals surface area contributed by atoms with E-state index in [0.717, 1.165) is 9.37 Å². The highest BCUT2D eigenvalue weighted by molar-refractivity contribution is 9.10. The SMILES string of the molecule is CCO[C@H](CCO)[C@H](OC(=O)Nc1ccc(SC)cc1)c1cc(Br)ccc1O. The van der Waals surface area contributed by atoms with Gasteiger partial charge in [0.25, 0.3) is 0 Å². The molecule has 0 radical (unpaired) electrons. The normalized spacial score (nSPS) is 13.0. The number of nitrogens with one attached hydrogen (secondary N) is 1. The van der Waals surface area contributed by atoms with Gasteiger partial charge in [-0.05, 0) is 55.6 Å². The summed E-state index contributed by atoms with van der Waals surface area (Å²) in [7, 11) is 0. The van der Waals surface area contributed by atoms with Gasteiger partial charge in [-0.25, -0.2) is 4.79 Å². The average molecular weight is 470 g/mol. The molecule has 0 aliphatic rings. The number of aliphatic hydroxyl groups excluding tert-OH is 1. The van der Waals surface area contributed by atoms with Gasteiger partial charge in [0, 0.05) is 40.3 Å². The Balaban J connectivity index is 2.24. The van der Waals surface area contributed by atoms with Crippen LogP contribution in [0.1, 0.15) is 25.0 Å². The number of halogens is 1. The first-order valence-electron chi connectivity index (χ1n) is 8.81. The van der Waals surface area contributed by atoms with Crippen molar-refractivity contribution >= 4 is 39.5 Å². The molecule has 1 amide bonds. The third-order valence-electron chi connectivity index (χ3n) is 4.00. The molecule has 152 valence electrons. The maximum Gasteiger partial charge on any atom is 0.412 e. The van der Waals surface area contributed by atoms with Crippen LogP contribution in [-0.2, 0) is 9.47 Å². The van der Waals surface area contributed by atoms with Crippen molar-refractivity contribution in [2.75, 3.05) is 24.8 Å². The lowest BCUT2D eigenvalue weighted by Gasteiger charge is -2.27. The summed E-state index contributed by atoms with van der Waals surface area (Å²) < 4.78 is 12.0. The van der Waals surface area contributed by atoms with Crippen LogP contribution >= 0.6 is 27.7 Å². The lowest BCUT2D eigenvalue weighted by molar-refractivity contribution is -0.0491. The number of benzene rings is 2. The molecule has 0 unspecified atom stereocenters. The van der Waals surface area contributed by atoms with E-state index in [1.54, 1.807) is 36.0 Å². The Kier molecular flexibility index (Phi) is 9.11. The molecule has 0 saturated heterocycles. The number of aromatic hydroxyl groups is 1. The monoisotopic (exact) mass is 469 g/mol. The first kappa shape index (κ1) is 22.5. The quantitative estimate of drug-likeness (QED) is 0.450. The van der Waals surface area contributed by atoms with Crippen molar-refractivity contribution in [1.82, 2.24) is 0 Å². The van der Waals surface area contributed by atoms with Crippen LogP contribution in [0.25, 0.3) is 0 Å². The highest BCUT2D eigenvalue weighted by Crippen LogP contribution is 2.34. The van der Waals surface area contributed by atoms with Crippen LogP contribution in [-0.4, -0.2) is 41.9 Å². The highest BCUT2D eigenvalue weighted by atomic mass is 79.9. The van der Waals surface area contributed by atoms with Gasteiger partial charge in [-0.2, -0.15) is 0 Å². The lowest BCUT2D eigenvalue weighted by atomic mass is 10.0. The maximum absolute atomic E-state index is 12.5. The fraction of sp³-hybridized carbons (Fsp3) is 0.350. The molecular formula is C20H24BrNO5S.